The molecule has 0 atom stereocenters. The van der Waals surface area contributed by atoms with Crippen molar-refractivity contribution in [3.05, 3.63) is 50.6 Å². The number of aromatic nitrogens is 2. The van der Waals surface area contributed by atoms with Crippen molar-refractivity contribution in [3.8, 4) is 0 Å². The minimum Gasteiger partial charge on any atom is -0.462 e. The molecule has 2 heterocycles. The van der Waals surface area contributed by atoms with Crippen LogP contribution in [0.15, 0.2) is 24.3 Å². The Balaban J connectivity index is 1.99. The third-order valence-corrected chi connectivity index (χ3v) is 5.15. The summed E-state index contributed by atoms with van der Waals surface area (Å²) in [7, 11) is 0. The maximum atomic E-state index is 11.9. The molecule has 0 saturated heterocycles. The van der Waals surface area contributed by atoms with Crippen LogP contribution in [0, 0.1) is 6.92 Å². The Morgan fingerprint density at radius 3 is 2.83 bits per heavy atom. The van der Waals surface area contributed by atoms with Gasteiger partial charge in [0.2, 0.25) is 0 Å². The van der Waals surface area contributed by atoms with Gasteiger partial charge < -0.3 is 9.30 Å². The molecule has 0 amide bonds. The molecule has 0 N–H and O–H groups in total. The van der Waals surface area contributed by atoms with Gasteiger partial charge in [0.25, 0.3) is 0 Å². The van der Waals surface area contributed by atoms with Crippen LogP contribution in [0.25, 0.3) is 10.3 Å². The van der Waals surface area contributed by atoms with E-state index in [2.05, 4.69) is 4.98 Å². The number of imidazole rings is 1. The highest BCUT2D eigenvalue weighted by atomic mass is 35.5. The van der Waals surface area contributed by atoms with Crippen LogP contribution >= 0.6 is 34.5 Å². The fraction of sp³-hybridized carbons (Fsp3) is 0.250. The van der Waals surface area contributed by atoms with E-state index >= 15 is 0 Å². The lowest BCUT2D eigenvalue weighted by Crippen LogP contribution is -2.03. The Kier molecular flexibility index (Phi) is 4.62. The summed E-state index contributed by atoms with van der Waals surface area (Å²) >= 11 is 13.6. The fourth-order valence-electron chi connectivity index (χ4n) is 2.34. The van der Waals surface area contributed by atoms with E-state index in [9.17, 15) is 4.79 Å². The lowest BCUT2D eigenvalue weighted by Gasteiger charge is -2.08. The van der Waals surface area contributed by atoms with Crippen LogP contribution in [0.3, 0.4) is 0 Å². The number of rotatable bonds is 4. The minimum absolute atomic E-state index is 0.316. The smallest absolute Gasteiger partial charge is 0.348 e. The molecule has 4 nitrogen and oxygen atoms in total. The quantitative estimate of drug-likeness (QED) is 0.612. The summed E-state index contributed by atoms with van der Waals surface area (Å²) in [6.45, 7) is 4.64. The van der Waals surface area contributed by atoms with Crippen molar-refractivity contribution in [1.82, 2.24) is 9.55 Å². The SMILES string of the molecule is CCOC(=O)c1cc2nc(C)n(Cc3ccc(Cl)cc3Cl)c2s1. The summed E-state index contributed by atoms with van der Waals surface area (Å²) in [5, 5.41) is 1.22. The summed E-state index contributed by atoms with van der Waals surface area (Å²) in [6, 6.07) is 7.20. The normalized spacial score (nSPS) is 11.1. The van der Waals surface area contributed by atoms with E-state index in [1.807, 2.05) is 23.6 Å². The monoisotopic (exact) mass is 368 g/mol. The van der Waals surface area contributed by atoms with Crippen LogP contribution in [0.1, 0.15) is 28.0 Å². The van der Waals surface area contributed by atoms with Crippen molar-refractivity contribution < 1.29 is 9.53 Å². The molecule has 3 aromatic rings. The van der Waals surface area contributed by atoms with Gasteiger partial charge in [-0.15, -0.1) is 11.3 Å². The van der Waals surface area contributed by atoms with Gasteiger partial charge in [-0.2, -0.15) is 0 Å². The molecule has 1 aromatic carbocycles. The van der Waals surface area contributed by atoms with Crippen molar-refractivity contribution in [2.24, 2.45) is 0 Å². The van der Waals surface area contributed by atoms with E-state index < -0.39 is 0 Å². The number of carbonyl (C=O) groups is 1. The Bertz CT molecular complexity index is 886. The maximum Gasteiger partial charge on any atom is 0.348 e. The molecule has 0 aliphatic carbocycles. The predicted octanol–water partition coefficient (Wildman–Crippen LogP) is 4.94. The van der Waals surface area contributed by atoms with Gasteiger partial charge in [-0.1, -0.05) is 29.3 Å². The first-order chi connectivity index (χ1) is 11.0. The zero-order chi connectivity index (χ0) is 16.6. The zero-order valence-electron chi connectivity index (χ0n) is 12.6. The van der Waals surface area contributed by atoms with Crippen molar-refractivity contribution in [3.63, 3.8) is 0 Å². The molecule has 2 aromatic heterocycles. The third kappa shape index (κ3) is 3.22. The van der Waals surface area contributed by atoms with Crippen LogP contribution in [0.2, 0.25) is 10.0 Å². The number of aryl methyl sites for hydroxylation is 1. The van der Waals surface area contributed by atoms with Gasteiger partial charge in [0, 0.05) is 10.0 Å². The molecule has 0 aliphatic heterocycles. The molecule has 0 radical (unpaired) electrons. The van der Waals surface area contributed by atoms with Gasteiger partial charge in [-0.25, -0.2) is 9.78 Å². The number of nitrogens with zero attached hydrogens (tertiary/aromatic N) is 2. The number of ether oxygens (including phenoxy) is 1. The van der Waals surface area contributed by atoms with E-state index in [1.54, 1.807) is 19.1 Å². The van der Waals surface area contributed by atoms with Gasteiger partial charge in [0.15, 0.2) is 0 Å². The van der Waals surface area contributed by atoms with Gasteiger partial charge in [-0.05, 0) is 37.6 Å². The molecule has 0 aliphatic rings. The maximum absolute atomic E-state index is 11.9. The van der Waals surface area contributed by atoms with Crippen molar-refractivity contribution in [2.45, 2.75) is 20.4 Å². The van der Waals surface area contributed by atoms with Gasteiger partial charge in [0.05, 0.1) is 13.2 Å². The number of hydrogen-bond donors (Lipinski definition) is 0. The van der Waals surface area contributed by atoms with Crippen LogP contribution in [0.5, 0.6) is 0 Å². The number of esters is 1. The van der Waals surface area contributed by atoms with Crippen LogP contribution < -0.4 is 0 Å². The Morgan fingerprint density at radius 1 is 1.35 bits per heavy atom. The highest BCUT2D eigenvalue weighted by Crippen LogP contribution is 2.29. The molecule has 0 spiro atoms. The highest BCUT2D eigenvalue weighted by Gasteiger charge is 2.17. The first-order valence-corrected chi connectivity index (χ1v) is 8.64. The topological polar surface area (TPSA) is 44.1 Å². The second kappa shape index (κ2) is 6.51. The second-order valence-corrected chi connectivity index (χ2v) is 6.88. The Hall–Kier alpha value is -1.56. The summed E-state index contributed by atoms with van der Waals surface area (Å²) in [6.07, 6.45) is 0. The van der Waals surface area contributed by atoms with Crippen molar-refractivity contribution in [1.29, 1.82) is 0 Å². The average Bonchev–Trinajstić information content (AvgIpc) is 3.01. The van der Waals surface area contributed by atoms with E-state index in [0.29, 0.717) is 28.1 Å². The summed E-state index contributed by atoms with van der Waals surface area (Å²) < 4.78 is 7.09. The average molecular weight is 369 g/mol. The molecular formula is C16H14Cl2N2O2S. The van der Waals surface area contributed by atoms with Gasteiger partial charge >= 0.3 is 5.97 Å². The standard InChI is InChI=1S/C16H14Cl2N2O2S/c1-3-22-16(21)14-7-13-15(23-14)20(9(2)19-13)8-10-4-5-11(17)6-12(10)18/h4-7H,3,8H2,1-2H3. The zero-order valence-corrected chi connectivity index (χ0v) is 14.9. The van der Waals surface area contributed by atoms with Crippen LogP contribution in [-0.4, -0.2) is 22.1 Å². The number of thiophene rings is 1. The molecule has 0 unspecified atom stereocenters. The number of halogens is 2. The molecule has 23 heavy (non-hydrogen) atoms. The largest absolute Gasteiger partial charge is 0.462 e. The number of carbonyl (C=O) groups excluding carboxylic acids is 1. The summed E-state index contributed by atoms with van der Waals surface area (Å²) in [5.74, 6) is 0.553. The first kappa shape index (κ1) is 16.3. The van der Waals surface area contributed by atoms with Crippen molar-refractivity contribution in [2.75, 3.05) is 6.61 Å². The van der Waals surface area contributed by atoms with E-state index in [-0.39, 0.29) is 5.97 Å². The highest BCUT2D eigenvalue weighted by molar-refractivity contribution is 7.20. The van der Waals surface area contributed by atoms with Crippen LogP contribution in [0.4, 0.5) is 0 Å². The second-order valence-electron chi connectivity index (χ2n) is 5.00. The van der Waals surface area contributed by atoms with Gasteiger partial charge in [-0.3, -0.25) is 0 Å². The lowest BCUT2D eigenvalue weighted by molar-refractivity contribution is 0.0532. The van der Waals surface area contributed by atoms with Crippen LogP contribution in [-0.2, 0) is 11.3 Å². The molecule has 0 saturated carbocycles. The summed E-state index contributed by atoms with van der Waals surface area (Å²) in [4.78, 5) is 17.9. The molecular weight excluding hydrogens is 355 g/mol. The third-order valence-electron chi connectivity index (χ3n) is 3.43. The number of hydrogen-bond acceptors (Lipinski definition) is 4. The molecule has 3 rings (SSSR count). The Morgan fingerprint density at radius 2 is 2.13 bits per heavy atom. The van der Waals surface area contributed by atoms with E-state index in [1.165, 1.54) is 11.3 Å². The predicted molar refractivity (Wildman–Crippen MR) is 93.9 cm³/mol. The van der Waals surface area contributed by atoms with E-state index in [0.717, 1.165) is 21.7 Å². The number of benzene rings is 1. The minimum atomic E-state index is -0.316. The molecule has 120 valence electrons. The molecule has 7 heteroatoms. The van der Waals surface area contributed by atoms with Gasteiger partial charge in [0.1, 0.15) is 21.0 Å². The molecule has 0 bridgehead atoms. The fourth-order valence-corrected chi connectivity index (χ4v) is 3.84. The summed E-state index contributed by atoms with van der Waals surface area (Å²) in [5.41, 5.74) is 1.74. The number of fused-ring (bicyclic) bond motifs is 1. The molecule has 0 fully saturated rings. The van der Waals surface area contributed by atoms with Crippen molar-refractivity contribution >= 4 is 50.9 Å². The Labute approximate surface area is 147 Å². The first-order valence-electron chi connectivity index (χ1n) is 7.07. The van der Waals surface area contributed by atoms with E-state index in [4.69, 9.17) is 27.9 Å². The lowest BCUT2D eigenvalue weighted by atomic mass is 10.2.